The largest absolute Gasteiger partial charge is 0.478 e. The molecule has 0 atom stereocenters. The Hall–Kier alpha value is -6.27. The number of sulfone groups is 1. The Kier molecular flexibility index (Phi) is 7.34. The zero-order chi connectivity index (χ0) is 32.7. The summed E-state index contributed by atoms with van der Waals surface area (Å²) >= 11 is 0. The van der Waals surface area contributed by atoms with Gasteiger partial charge in [0.05, 0.1) is 43.4 Å². The number of carbonyl (C=O) groups excluding carboxylic acids is 2. The van der Waals surface area contributed by atoms with Crippen LogP contribution in [-0.4, -0.2) is 42.1 Å². The lowest BCUT2D eigenvalue weighted by Gasteiger charge is -2.24. The number of fused-ring (bicyclic) bond motifs is 2. The molecule has 0 saturated heterocycles. The van der Waals surface area contributed by atoms with Crippen LogP contribution in [0.15, 0.2) is 113 Å². The van der Waals surface area contributed by atoms with E-state index in [1.165, 1.54) is 66.7 Å². The zero-order valence-corrected chi connectivity index (χ0v) is 24.4. The fraction of sp³-hybridized carbons (Fsp3) is 0. The van der Waals surface area contributed by atoms with Crippen molar-refractivity contribution in [1.82, 2.24) is 0 Å². The van der Waals surface area contributed by atoms with E-state index in [9.17, 15) is 37.8 Å². The average Bonchev–Trinajstić information content (AvgIpc) is 3.05. The van der Waals surface area contributed by atoms with Crippen LogP contribution in [0.3, 0.4) is 0 Å². The molecule has 5 aromatic rings. The number of carbonyl (C=O) groups is 4. The Bertz CT molecular complexity index is 2180. The summed E-state index contributed by atoms with van der Waals surface area (Å²) in [4.78, 5) is 50.0. The molecule has 0 aliphatic heterocycles. The molecule has 5 aromatic carbocycles. The van der Waals surface area contributed by atoms with Gasteiger partial charge in [-0.2, -0.15) is 0 Å². The van der Waals surface area contributed by atoms with Gasteiger partial charge in [-0.15, -0.1) is 0 Å². The van der Waals surface area contributed by atoms with Gasteiger partial charge in [-0.25, -0.2) is 18.0 Å². The molecule has 5 N–H and O–H groups in total. The van der Waals surface area contributed by atoms with E-state index in [1.807, 2.05) is 0 Å². The van der Waals surface area contributed by atoms with Crippen molar-refractivity contribution in [2.24, 2.45) is 0 Å². The molecular formula is C34H22N2O9S. The highest BCUT2D eigenvalue weighted by Gasteiger charge is 2.37. The molecule has 11 nitrogen and oxygen atoms in total. The molecule has 12 heteroatoms. The van der Waals surface area contributed by atoms with Gasteiger partial charge in [0.25, 0.3) is 0 Å². The number of carboxylic acid groups (broad SMARTS) is 2. The minimum absolute atomic E-state index is 0.0239. The van der Waals surface area contributed by atoms with Crippen molar-refractivity contribution in [3.05, 3.63) is 137 Å². The standard InChI is InChI=1S/C34H22N2O9S/c35-30-27(46(43,44)23-6-2-1-3-7-23)17-26(28-29(30)32(38)25-9-5-4-8-24(25)31(28)37)36-20-10-12-21(13-11-20)45-22-15-18(33(39)40)14-19(16-22)34(41)42/h1-17,36H,35H2,(H,39,40)(H,41,42). The number of nitrogens with one attached hydrogen (secondary N) is 1. The van der Waals surface area contributed by atoms with Crippen molar-refractivity contribution in [2.75, 3.05) is 11.1 Å². The molecule has 46 heavy (non-hydrogen) atoms. The number of hydrogen-bond donors (Lipinski definition) is 4. The van der Waals surface area contributed by atoms with E-state index in [4.69, 9.17) is 10.5 Å². The number of anilines is 3. The minimum atomic E-state index is -4.23. The molecule has 1 aliphatic carbocycles. The van der Waals surface area contributed by atoms with Crippen molar-refractivity contribution in [1.29, 1.82) is 0 Å². The van der Waals surface area contributed by atoms with Crippen LogP contribution in [0.5, 0.6) is 11.5 Å². The van der Waals surface area contributed by atoms with E-state index in [1.54, 1.807) is 30.3 Å². The predicted octanol–water partition coefficient (Wildman–Crippen LogP) is 5.81. The summed E-state index contributed by atoms with van der Waals surface area (Å²) in [6, 6.07) is 24.4. The zero-order valence-electron chi connectivity index (χ0n) is 23.6. The summed E-state index contributed by atoms with van der Waals surface area (Å²) < 4.78 is 33.2. The van der Waals surface area contributed by atoms with Gasteiger partial charge in [-0.05, 0) is 60.7 Å². The van der Waals surface area contributed by atoms with E-state index in [0.29, 0.717) is 5.69 Å². The lowest BCUT2D eigenvalue weighted by Crippen LogP contribution is -2.25. The Morgan fingerprint density at radius 2 is 1.22 bits per heavy atom. The van der Waals surface area contributed by atoms with Gasteiger partial charge in [-0.3, -0.25) is 9.59 Å². The highest BCUT2D eigenvalue weighted by molar-refractivity contribution is 7.91. The van der Waals surface area contributed by atoms with Crippen LogP contribution in [-0.2, 0) is 9.84 Å². The van der Waals surface area contributed by atoms with Gasteiger partial charge < -0.3 is 26.0 Å². The summed E-state index contributed by atoms with van der Waals surface area (Å²) in [6.07, 6.45) is 0. The second kappa shape index (κ2) is 11.3. The van der Waals surface area contributed by atoms with E-state index < -0.39 is 33.3 Å². The lowest BCUT2D eigenvalue weighted by molar-refractivity contribution is 0.0696. The van der Waals surface area contributed by atoms with Crippen molar-refractivity contribution >= 4 is 50.4 Å². The summed E-state index contributed by atoms with van der Waals surface area (Å²) in [7, 11) is -4.23. The third kappa shape index (κ3) is 5.22. The van der Waals surface area contributed by atoms with Gasteiger partial charge in [-0.1, -0.05) is 42.5 Å². The van der Waals surface area contributed by atoms with Gasteiger partial charge in [0, 0.05) is 16.8 Å². The number of nitrogen functional groups attached to an aromatic ring is 1. The highest BCUT2D eigenvalue weighted by atomic mass is 32.2. The van der Waals surface area contributed by atoms with E-state index in [0.717, 1.165) is 6.07 Å². The van der Waals surface area contributed by atoms with Crippen LogP contribution in [0.1, 0.15) is 52.6 Å². The molecular weight excluding hydrogens is 612 g/mol. The van der Waals surface area contributed by atoms with Crippen LogP contribution in [0.2, 0.25) is 0 Å². The second-order valence-electron chi connectivity index (χ2n) is 10.2. The monoisotopic (exact) mass is 634 g/mol. The Morgan fingerprint density at radius 1 is 0.674 bits per heavy atom. The van der Waals surface area contributed by atoms with Gasteiger partial charge in [0.2, 0.25) is 9.84 Å². The van der Waals surface area contributed by atoms with Crippen LogP contribution in [0.25, 0.3) is 0 Å². The first kappa shape index (κ1) is 29.8. The molecule has 0 spiro atoms. The van der Waals surface area contributed by atoms with Crippen LogP contribution >= 0.6 is 0 Å². The molecule has 0 unspecified atom stereocenters. The molecule has 0 aromatic heterocycles. The summed E-state index contributed by atoms with van der Waals surface area (Å²) in [6.45, 7) is 0. The number of rotatable bonds is 8. The Labute approximate surface area is 261 Å². The first-order valence-electron chi connectivity index (χ1n) is 13.6. The predicted molar refractivity (Wildman–Crippen MR) is 166 cm³/mol. The number of benzene rings is 5. The number of aromatic carboxylic acids is 2. The number of hydrogen-bond acceptors (Lipinski definition) is 9. The lowest BCUT2D eigenvalue weighted by atomic mass is 9.82. The molecule has 0 radical (unpaired) electrons. The van der Waals surface area contributed by atoms with E-state index in [2.05, 4.69) is 5.32 Å². The topological polar surface area (TPSA) is 190 Å². The van der Waals surface area contributed by atoms with Gasteiger partial charge in [0.1, 0.15) is 11.5 Å². The fourth-order valence-corrected chi connectivity index (χ4v) is 6.58. The normalized spacial score (nSPS) is 12.2. The number of ether oxygens (including phenoxy) is 1. The maximum Gasteiger partial charge on any atom is 0.335 e. The number of nitrogens with two attached hydrogens (primary N) is 1. The fourth-order valence-electron chi connectivity index (χ4n) is 5.14. The Balaban J connectivity index is 1.42. The maximum absolute atomic E-state index is 13.8. The average molecular weight is 635 g/mol. The molecule has 0 heterocycles. The van der Waals surface area contributed by atoms with Crippen LogP contribution in [0, 0.1) is 0 Å². The number of ketones is 2. The third-order valence-corrected chi connectivity index (χ3v) is 9.12. The molecule has 0 saturated carbocycles. The van der Waals surface area contributed by atoms with Crippen LogP contribution < -0.4 is 15.8 Å². The van der Waals surface area contributed by atoms with Crippen molar-refractivity contribution in [3.63, 3.8) is 0 Å². The van der Waals surface area contributed by atoms with Crippen molar-refractivity contribution in [3.8, 4) is 11.5 Å². The molecule has 6 rings (SSSR count). The van der Waals surface area contributed by atoms with Gasteiger partial charge >= 0.3 is 11.9 Å². The van der Waals surface area contributed by atoms with Crippen molar-refractivity contribution in [2.45, 2.75) is 9.79 Å². The SMILES string of the molecule is Nc1c(S(=O)(=O)c2ccccc2)cc(Nc2ccc(Oc3cc(C(=O)O)cc(C(=O)O)c3)cc2)c2c1C(=O)c1ccccc1C2=O. The molecule has 1 aliphatic rings. The van der Waals surface area contributed by atoms with E-state index >= 15 is 0 Å². The first-order valence-corrected chi connectivity index (χ1v) is 15.1. The van der Waals surface area contributed by atoms with Gasteiger partial charge in [0.15, 0.2) is 11.6 Å². The molecule has 228 valence electrons. The maximum atomic E-state index is 13.8. The highest BCUT2D eigenvalue weighted by Crippen LogP contribution is 2.41. The van der Waals surface area contributed by atoms with Crippen molar-refractivity contribution < 1.29 is 42.5 Å². The first-order chi connectivity index (χ1) is 22.0. The second-order valence-corrected chi connectivity index (χ2v) is 12.1. The third-order valence-electron chi connectivity index (χ3n) is 7.31. The molecule has 0 bridgehead atoms. The summed E-state index contributed by atoms with van der Waals surface area (Å²) in [5.74, 6) is -3.58. The Morgan fingerprint density at radius 3 is 1.78 bits per heavy atom. The summed E-state index contributed by atoms with van der Waals surface area (Å²) in [5.41, 5.74) is 5.83. The summed E-state index contributed by atoms with van der Waals surface area (Å²) in [5, 5.41) is 21.7. The minimum Gasteiger partial charge on any atom is -0.478 e. The smallest absolute Gasteiger partial charge is 0.335 e. The quantitative estimate of drug-likeness (QED) is 0.148. The molecule has 0 amide bonds. The molecule has 0 fully saturated rings. The number of carboxylic acids is 2. The van der Waals surface area contributed by atoms with Crippen LogP contribution in [0.4, 0.5) is 17.1 Å². The van der Waals surface area contributed by atoms with E-state index in [-0.39, 0.29) is 66.0 Å².